The minimum atomic E-state index is 0.609. The number of benzene rings is 1. The smallest absolute Gasteiger partial charge is 0.169 e. The van der Waals surface area contributed by atoms with E-state index in [2.05, 4.69) is 10.2 Å². The second-order valence-electron chi connectivity index (χ2n) is 3.67. The summed E-state index contributed by atoms with van der Waals surface area (Å²) in [4.78, 5) is 0. The summed E-state index contributed by atoms with van der Waals surface area (Å²) in [5.74, 6) is 1.33. The number of nitrogens with zero attached hydrogens (tertiary/aromatic N) is 3. The summed E-state index contributed by atoms with van der Waals surface area (Å²) in [5.41, 5.74) is 7.59. The lowest BCUT2D eigenvalue weighted by molar-refractivity contribution is 1.11. The van der Waals surface area contributed by atoms with Crippen LogP contribution in [0.3, 0.4) is 0 Å². The first-order valence-electron chi connectivity index (χ1n) is 5.11. The first-order valence-corrected chi connectivity index (χ1v) is 5.49. The molecule has 17 heavy (non-hydrogen) atoms. The molecule has 0 atom stereocenters. The second-order valence-corrected chi connectivity index (χ2v) is 4.11. The minimum Gasteiger partial charge on any atom is -0.385 e. The van der Waals surface area contributed by atoms with Crippen molar-refractivity contribution in [2.45, 2.75) is 0 Å². The number of hydrogen-bond acceptors (Lipinski definition) is 3. The van der Waals surface area contributed by atoms with E-state index in [1.165, 1.54) is 0 Å². The van der Waals surface area contributed by atoms with Gasteiger partial charge in [-0.1, -0.05) is 17.7 Å². The molecule has 0 bridgehead atoms. The highest BCUT2D eigenvalue weighted by Gasteiger charge is 2.09. The lowest BCUT2D eigenvalue weighted by atomic mass is 10.2. The number of anilines is 1. The minimum absolute atomic E-state index is 0.609. The van der Waals surface area contributed by atoms with Crippen molar-refractivity contribution in [3.8, 4) is 11.4 Å². The molecule has 2 aromatic heterocycles. The third-order valence-electron chi connectivity index (χ3n) is 2.56. The Bertz CT molecular complexity index is 673. The van der Waals surface area contributed by atoms with Gasteiger partial charge in [0.2, 0.25) is 0 Å². The summed E-state index contributed by atoms with van der Waals surface area (Å²) in [6, 6.07) is 13.0. The Balaban J connectivity index is 2.27. The second kappa shape index (κ2) is 3.75. The summed E-state index contributed by atoms with van der Waals surface area (Å²) >= 11 is 5.86. The van der Waals surface area contributed by atoms with Crippen LogP contribution in [0.4, 0.5) is 5.82 Å². The normalized spacial score (nSPS) is 10.9. The fourth-order valence-electron chi connectivity index (χ4n) is 1.75. The number of hydrogen-bond donors (Lipinski definition) is 1. The molecular weight excluding hydrogens is 236 g/mol. The molecule has 3 aromatic rings. The molecule has 3 rings (SSSR count). The summed E-state index contributed by atoms with van der Waals surface area (Å²) in [5, 5.41) is 8.91. The number of halogens is 1. The van der Waals surface area contributed by atoms with Gasteiger partial charge in [-0.05, 0) is 36.4 Å². The molecule has 0 aliphatic carbocycles. The molecule has 0 saturated heterocycles. The van der Waals surface area contributed by atoms with Crippen LogP contribution in [0.1, 0.15) is 0 Å². The predicted octanol–water partition coefficient (Wildman–Crippen LogP) is 2.63. The van der Waals surface area contributed by atoms with E-state index in [0.29, 0.717) is 10.8 Å². The molecule has 2 N–H and O–H groups in total. The highest BCUT2D eigenvalue weighted by Crippen LogP contribution is 2.22. The molecular formula is C12H9ClN4. The van der Waals surface area contributed by atoms with E-state index < -0.39 is 0 Å². The Labute approximate surface area is 103 Å². The number of nitrogens with two attached hydrogens (primary N) is 1. The van der Waals surface area contributed by atoms with Crippen LogP contribution in [0.15, 0.2) is 42.5 Å². The van der Waals surface area contributed by atoms with Crippen LogP contribution < -0.4 is 5.73 Å². The number of rotatable bonds is 1. The Kier molecular flexibility index (Phi) is 2.23. The van der Waals surface area contributed by atoms with Crippen LogP contribution in [0.25, 0.3) is 17.0 Å². The van der Waals surface area contributed by atoms with Gasteiger partial charge >= 0.3 is 0 Å². The molecule has 0 saturated carbocycles. The average molecular weight is 245 g/mol. The van der Waals surface area contributed by atoms with Gasteiger partial charge in [0.15, 0.2) is 11.5 Å². The molecule has 0 aliphatic heterocycles. The largest absolute Gasteiger partial charge is 0.385 e. The van der Waals surface area contributed by atoms with Gasteiger partial charge in [0, 0.05) is 10.6 Å². The van der Waals surface area contributed by atoms with E-state index in [9.17, 15) is 0 Å². The maximum absolute atomic E-state index is 5.93. The van der Waals surface area contributed by atoms with Crippen LogP contribution in [-0.2, 0) is 0 Å². The third kappa shape index (κ3) is 1.62. The summed E-state index contributed by atoms with van der Waals surface area (Å²) < 4.78 is 1.81. The van der Waals surface area contributed by atoms with Crippen molar-refractivity contribution in [3.05, 3.63) is 47.5 Å². The SMILES string of the molecule is Nc1cccc2nnc(-c3ccc(Cl)cc3)n12. The molecule has 1 aromatic carbocycles. The highest BCUT2D eigenvalue weighted by molar-refractivity contribution is 6.30. The van der Waals surface area contributed by atoms with Crippen molar-refractivity contribution in [1.82, 2.24) is 14.6 Å². The van der Waals surface area contributed by atoms with Crippen molar-refractivity contribution in [2.24, 2.45) is 0 Å². The Morgan fingerprint density at radius 3 is 2.53 bits per heavy atom. The number of pyridine rings is 1. The predicted molar refractivity (Wildman–Crippen MR) is 67.8 cm³/mol. The quantitative estimate of drug-likeness (QED) is 0.716. The van der Waals surface area contributed by atoms with Crippen LogP contribution in [-0.4, -0.2) is 14.6 Å². The molecule has 4 nitrogen and oxygen atoms in total. The Morgan fingerprint density at radius 1 is 1.00 bits per heavy atom. The molecule has 2 heterocycles. The fourth-order valence-corrected chi connectivity index (χ4v) is 1.88. The van der Waals surface area contributed by atoms with Gasteiger partial charge in [-0.2, -0.15) is 0 Å². The van der Waals surface area contributed by atoms with Crippen molar-refractivity contribution < 1.29 is 0 Å². The molecule has 84 valence electrons. The molecule has 5 heteroatoms. The van der Waals surface area contributed by atoms with E-state index in [1.807, 2.05) is 46.9 Å². The van der Waals surface area contributed by atoms with E-state index >= 15 is 0 Å². The first-order chi connectivity index (χ1) is 8.25. The maximum Gasteiger partial charge on any atom is 0.169 e. The fraction of sp³-hybridized carbons (Fsp3) is 0. The lowest BCUT2D eigenvalue weighted by Gasteiger charge is -2.03. The molecule has 0 aliphatic rings. The van der Waals surface area contributed by atoms with Gasteiger partial charge in [0.1, 0.15) is 5.82 Å². The Morgan fingerprint density at radius 2 is 1.76 bits per heavy atom. The van der Waals surface area contributed by atoms with Gasteiger partial charge in [-0.3, -0.25) is 4.40 Å². The standard InChI is InChI=1S/C12H9ClN4/c13-9-6-4-8(5-7-9)12-16-15-11-3-1-2-10(14)17(11)12/h1-7H,14H2. The van der Waals surface area contributed by atoms with Crippen molar-refractivity contribution in [2.75, 3.05) is 5.73 Å². The zero-order valence-corrected chi connectivity index (χ0v) is 9.59. The van der Waals surface area contributed by atoms with Gasteiger partial charge in [-0.15, -0.1) is 10.2 Å². The van der Waals surface area contributed by atoms with E-state index in [0.717, 1.165) is 17.0 Å². The number of aromatic nitrogens is 3. The summed E-state index contributed by atoms with van der Waals surface area (Å²) in [6.07, 6.45) is 0. The van der Waals surface area contributed by atoms with E-state index in [1.54, 1.807) is 0 Å². The monoisotopic (exact) mass is 244 g/mol. The highest BCUT2D eigenvalue weighted by atomic mass is 35.5. The van der Waals surface area contributed by atoms with Crippen LogP contribution in [0.2, 0.25) is 5.02 Å². The first kappa shape index (κ1) is 10.1. The average Bonchev–Trinajstić information content (AvgIpc) is 2.75. The lowest BCUT2D eigenvalue weighted by Crippen LogP contribution is -1.97. The van der Waals surface area contributed by atoms with Crippen LogP contribution >= 0.6 is 11.6 Å². The van der Waals surface area contributed by atoms with Crippen molar-refractivity contribution in [3.63, 3.8) is 0 Å². The van der Waals surface area contributed by atoms with Crippen molar-refractivity contribution in [1.29, 1.82) is 0 Å². The zero-order valence-electron chi connectivity index (χ0n) is 8.84. The molecule has 0 fully saturated rings. The van der Waals surface area contributed by atoms with Crippen LogP contribution in [0, 0.1) is 0 Å². The van der Waals surface area contributed by atoms with Crippen molar-refractivity contribution >= 4 is 23.1 Å². The van der Waals surface area contributed by atoms with Gasteiger partial charge in [-0.25, -0.2) is 0 Å². The van der Waals surface area contributed by atoms with Gasteiger partial charge in [0.25, 0.3) is 0 Å². The zero-order chi connectivity index (χ0) is 11.8. The van der Waals surface area contributed by atoms with Gasteiger partial charge in [0.05, 0.1) is 0 Å². The molecule has 0 spiro atoms. The molecule has 0 amide bonds. The number of fused-ring (bicyclic) bond motifs is 1. The Hall–Kier alpha value is -2.07. The number of nitrogen functional groups attached to an aromatic ring is 1. The summed E-state index contributed by atoms with van der Waals surface area (Å²) in [6.45, 7) is 0. The molecule has 0 radical (unpaired) electrons. The van der Waals surface area contributed by atoms with E-state index in [4.69, 9.17) is 17.3 Å². The van der Waals surface area contributed by atoms with Crippen LogP contribution in [0.5, 0.6) is 0 Å². The maximum atomic E-state index is 5.93. The van der Waals surface area contributed by atoms with Gasteiger partial charge < -0.3 is 5.73 Å². The van der Waals surface area contributed by atoms with E-state index in [-0.39, 0.29) is 0 Å². The third-order valence-corrected chi connectivity index (χ3v) is 2.81. The molecule has 0 unspecified atom stereocenters. The summed E-state index contributed by atoms with van der Waals surface area (Å²) in [7, 11) is 0. The topological polar surface area (TPSA) is 56.2 Å².